The van der Waals surface area contributed by atoms with Crippen molar-refractivity contribution in [3.63, 3.8) is 0 Å². The van der Waals surface area contributed by atoms with E-state index < -0.39 is 10.1 Å². The first-order valence-electron chi connectivity index (χ1n) is 7.12. The zero-order valence-electron chi connectivity index (χ0n) is 13.4. The summed E-state index contributed by atoms with van der Waals surface area (Å²) < 4.78 is 37.5. The second-order valence-corrected chi connectivity index (χ2v) is 6.48. The van der Waals surface area contributed by atoms with Gasteiger partial charge in [-0.05, 0) is 30.7 Å². The van der Waals surface area contributed by atoms with E-state index in [0.29, 0.717) is 0 Å². The summed E-state index contributed by atoms with van der Waals surface area (Å²) in [5, 5.41) is 0. The van der Waals surface area contributed by atoms with Crippen molar-refractivity contribution in [2.45, 2.75) is 50.8 Å². The summed E-state index contributed by atoms with van der Waals surface area (Å²) in [6.07, 6.45) is 5.16. The first kappa shape index (κ1) is 21.6. The molecular formula is C15H21NaO5S. The molecule has 0 radical (unpaired) electrons. The summed E-state index contributed by atoms with van der Waals surface area (Å²) in [5.41, 5.74) is 0. The molecule has 0 saturated heterocycles. The van der Waals surface area contributed by atoms with Crippen molar-refractivity contribution in [1.29, 1.82) is 0 Å². The Kier molecular flexibility index (Phi) is 10.2. The second-order valence-electron chi connectivity index (χ2n) is 5.10. The topological polar surface area (TPSA) is 83.5 Å². The molecule has 7 heteroatoms. The molecule has 0 heterocycles. The van der Waals surface area contributed by atoms with Crippen LogP contribution in [0.15, 0.2) is 29.2 Å². The van der Waals surface area contributed by atoms with E-state index in [-0.39, 0.29) is 52.1 Å². The van der Waals surface area contributed by atoms with Gasteiger partial charge in [0.1, 0.15) is 15.9 Å². The van der Waals surface area contributed by atoms with E-state index in [1.165, 1.54) is 12.1 Å². The van der Waals surface area contributed by atoms with Gasteiger partial charge in [0.2, 0.25) is 0 Å². The molecule has 118 valence electrons. The van der Waals surface area contributed by atoms with Crippen LogP contribution in [0, 0.1) is 5.92 Å². The van der Waals surface area contributed by atoms with Crippen molar-refractivity contribution >= 4 is 16.1 Å². The zero-order valence-corrected chi connectivity index (χ0v) is 16.2. The first-order valence-corrected chi connectivity index (χ1v) is 8.53. The molecule has 22 heavy (non-hydrogen) atoms. The van der Waals surface area contributed by atoms with Gasteiger partial charge in [0, 0.05) is 0 Å². The molecule has 0 aliphatic rings. The van der Waals surface area contributed by atoms with Gasteiger partial charge in [-0.1, -0.05) is 39.5 Å². The fraction of sp³-hybridized carbons (Fsp3) is 0.533. The maximum atomic E-state index is 11.9. The van der Waals surface area contributed by atoms with Crippen LogP contribution in [0.2, 0.25) is 0 Å². The van der Waals surface area contributed by atoms with Gasteiger partial charge in [-0.2, -0.15) is 0 Å². The molecule has 1 aromatic rings. The molecule has 0 aromatic heterocycles. The number of hydrogen-bond donors (Lipinski definition) is 0. The number of benzene rings is 1. The summed E-state index contributed by atoms with van der Waals surface area (Å²) in [5.74, 6) is -0.304. The van der Waals surface area contributed by atoms with Crippen LogP contribution in [0.1, 0.15) is 46.0 Å². The minimum Gasteiger partial charge on any atom is -0.744 e. The van der Waals surface area contributed by atoms with Crippen molar-refractivity contribution < 1.29 is 52.1 Å². The molecule has 1 rings (SSSR count). The third-order valence-electron chi connectivity index (χ3n) is 3.22. The van der Waals surface area contributed by atoms with E-state index in [9.17, 15) is 17.8 Å². The van der Waals surface area contributed by atoms with Gasteiger partial charge in [-0.25, -0.2) is 8.42 Å². The average Bonchev–Trinajstić information content (AvgIpc) is 2.43. The summed E-state index contributed by atoms with van der Waals surface area (Å²) in [7, 11) is -4.47. The van der Waals surface area contributed by atoms with Gasteiger partial charge >= 0.3 is 35.5 Å². The molecule has 0 bridgehead atoms. The van der Waals surface area contributed by atoms with Crippen LogP contribution in [-0.4, -0.2) is 18.9 Å². The van der Waals surface area contributed by atoms with E-state index in [4.69, 9.17) is 4.74 Å². The largest absolute Gasteiger partial charge is 1.00 e. The monoisotopic (exact) mass is 336 g/mol. The smallest absolute Gasteiger partial charge is 0.744 e. The minimum absolute atomic E-state index is 0. The van der Waals surface area contributed by atoms with Crippen molar-refractivity contribution in [3.05, 3.63) is 24.3 Å². The van der Waals surface area contributed by atoms with E-state index >= 15 is 0 Å². The second kappa shape index (κ2) is 10.4. The molecule has 1 aromatic carbocycles. The number of hydrogen-bond acceptors (Lipinski definition) is 5. The van der Waals surface area contributed by atoms with E-state index in [1.807, 2.05) is 6.92 Å². The normalized spacial score (nSPS) is 12.3. The molecule has 1 unspecified atom stereocenters. The van der Waals surface area contributed by atoms with Crippen LogP contribution in [0.25, 0.3) is 0 Å². The molecular weight excluding hydrogens is 315 g/mol. The number of carbonyl (C=O) groups excluding carboxylic acids is 1. The molecule has 0 spiro atoms. The van der Waals surface area contributed by atoms with Crippen LogP contribution >= 0.6 is 0 Å². The van der Waals surface area contributed by atoms with Crippen LogP contribution in [0.3, 0.4) is 0 Å². The summed E-state index contributed by atoms with van der Waals surface area (Å²) in [6.45, 7) is 3.94. The Morgan fingerprint density at radius 2 is 1.77 bits per heavy atom. The molecule has 0 aliphatic heterocycles. The SMILES string of the molecule is CCCCCCC(C)C(=O)Oc1ccc(S(=O)(=O)[O-])cc1.[Na+]. The predicted molar refractivity (Wildman–Crippen MR) is 78.0 cm³/mol. The zero-order chi connectivity index (χ0) is 15.9. The van der Waals surface area contributed by atoms with Crippen molar-refractivity contribution in [1.82, 2.24) is 0 Å². The van der Waals surface area contributed by atoms with Crippen LogP contribution < -0.4 is 34.3 Å². The Bertz CT molecular complexity index is 554. The van der Waals surface area contributed by atoms with Gasteiger partial charge in [-0.15, -0.1) is 0 Å². The number of rotatable bonds is 8. The standard InChI is InChI=1S/C15H22O5S.Na/c1-3-4-5-6-7-12(2)15(16)20-13-8-10-14(11-9-13)21(17,18)19;/h8-12H,3-7H2,1-2H3,(H,17,18,19);/q;+1/p-1. The number of ether oxygens (including phenoxy) is 1. The maximum Gasteiger partial charge on any atom is 1.00 e. The third-order valence-corrected chi connectivity index (χ3v) is 4.07. The summed E-state index contributed by atoms with van der Waals surface area (Å²) in [6, 6.07) is 4.90. The number of carbonyl (C=O) groups is 1. The first-order chi connectivity index (χ1) is 9.84. The van der Waals surface area contributed by atoms with Gasteiger partial charge in [-0.3, -0.25) is 4.79 Å². The van der Waals surface area contributed by atoms with Crippen molar-refractivity contribution in [3.8, 4) is 5.75 Å². The average molecular weight is 336 g/mol. The van der Waals surface area contributed by atoms with Gasteiger partial charge in [0.25, 0.3) is 0 Å². The van der Waals surface area contributed by atoms with E-state index in [0.717, 1.165) is 44.2 Å². The van der Waals surface area contributed by atoms with Crippen molar-refractivity contribution in [2.24, 2.45) is 5.92 Å². The fourth-order valence-electron chi connectivity index (χ4n) is 1.89. The Labute approximate surface area is 154 Å². The third kappa shape index (κ3) is 7.74. The quantitative estimate of drug-likeness (QED) is 0.221. The predicted octanol–water partition coefficient (Wildman–Crippen LogP) is 0.107. The fourth-order valence-corrected chi connectivity index (χ4v) is 2.36. The molecule has 0 aliphatic carbocycles. The molecule has 1 atom stereocenters. The molecule has 0 fully saturated rings. The molecule has 0 N–H and O–H groups in total. The Hall–Kier alpha value is -0.400. The summed E-state index contributed by atoms with van der Waals surface area (Å²) >= 11 is 0. The number of esters is 1. The van der Waals surface area contributed by atoms with Crippen LogP contribution in [-0.2, 0) is 14.9 Å². The van der Waals surface area contributed by atoms with Gasteiger partial charge in [0.15, 0.2) is 0 Å². The number of unbranched alkanes of at least 4 members (excludes halogenated alkanes) is 3. The van der Waals surface area contributed by atoms with E-state index in [2.05, 4.69) is 6.92 Å². The maximum absolute atomic E-state index is 11.9. The van der Waals surface area contributed by atoms with Gasteiger partial charge in [0.05, 0.1) is 10.8 Å². The summed E-state index contributed by atoms with van der Waals surface area (Å²) in [4.78, 5) is 11.5. The Balaban J connectivity index is 0.00000441. The van der Waals surface area contributed by atoms with Crippen LogP contribution in [0.5, 0.6) is 5.75 Å². The Morgan fingerprint density at radius 3 is 2.27 bits per heavy atom. The van der Waals surface area contributed by atoms with Crippen molar-refractivity contribution in [2.75, 3.05) is 0 Å². The van der Waals surface area contributed by atoms with Gasteiger partial charge < -0.3 is 9.29 Å². The Morgan fingerprint density at radius 1 is 1.18 bits per heavy atom. The minimum atomic E-state index is -4.47. The molecule has 5 nitrogen and oxygen atoms in total. The van der Waals surface area contributed by atoms with E-state index in [1.54, 1.807) is 0 Å². The molecule has 0 saturated carbocycles. The molecule has 0 amide bonds. The van der Waals surface area contributed by atoms with Crippen LogP contribution in [0.4, 0.5) is 0 Å².